The third-order valence-electron chi connectivity index (χ3n) is 5.61. The van der Waals surface area contributed by atoms with Gasteiger partial charge in [0.05, 0.1) is 6.61 Å². The average Bonchev–Trinajstić information content (AvgIpc) is 2.81. The van der Waals surface area contributed by atoms with Gasteiger partial charge >= 0.3 is 5.97 Å². The molecular formula is C30H58O3. The fourth-order valence-corrected chi connectivity index (χ4v) is 3.51. The molecule has 0 aromatic carbocycles. The number of aliphatic hydroxyl groups is 1. The summed E-state index contributed by atoms with van der Waals surface area (Å²) >= 11 is 0. The maximum absolute atomic E-state index is 10.5. The quantitative estimate of drug-likeness (QED) is 0.0926. The zero-order valence-electron chi connectivity index (χ0n) is 22.6. The number of esters is 1. The maximum Gasteiger partial charge on any atom is 0.302 e. The van der Waals surface area contributed by atoms with Gasteiger partial charge in [-0.05, 0) is 51.4 Å². The Morgan fingerprint density at radius 1 is 0.576 bits per heavy atom. The Morgan fingerprint density at radius 2 is 1.00 bits per heavy atom. The smallest absolute Gasteiger partial charge is 0.302 e. The van der Waals surface area contributed by atoms with Crippen LogP contribution in [0.25, 0.3) is 0 Å². The fourth-order valence-electron chi connectivity index (χ4n) is 3.51. The zero-order chi connectivity index (χ0) is 24.7. The van der Waals surface area contributed by atoms with Crippen LogP contribution >= 0.6 is 0 Å². The molecule has 0 saturated heterocycles. The Labute approximate surface area is 207 Å². The summed E-state index contributed by atoms with van der Waals surface area (Å²) < 4.78 is 4.86. The van der Waals surface area contributed by atoms with Gasteiger partial charge in [-0.3, -0.25) is 4.79 Å². The lowest BCUT2D eigenvalue weighted by molar-refractivity contribution is -0.141. The normalized spacial score (nSPS) is 11.2. The minimum absolute atomic E-state index is 0.166. The van der Waals surface area contributed by atoms with E-state index >= 15 is 0 Å². The second kappa shape index (κ2) is 33.1. The molecule has 0 atom stereocenters. The molecule has 3 heteroatoms. The Bertz CT molecular complexity index is 415. The monoisotopic (exact) mass is 466 g/mol. The van der Waals surface area contributed by atoms with Gasteiger partial charge in [-0.15, -0.1) is 0 Å². The van der Waals surface area contributed by atoms with E-state index in [9.17, 15) is 4.79 Å². The number of allylic oxidation sites excluding steroid dienone is 4. The number of hydrogen-bond acceptors (Lipinski definition) is 3. The Hall–Kier alpha value is -1.09. The van der Waals surface area contributed by atoms with E-state index in [4.69, 9.17) is 9.84 Å². The van der Waals surface area contributed by atoms with Crippen LogP contribution in [0.15, 0.2) is 24.3 Å². The molecule has 0 aromatic heterocycles. The molecule has 0 spiro atoms. The fraction of sp³-hybridized carbons (Fsp3) is 0.833. The molecule has 0 aliphatic heterocycles. The summed E-state index contributed by atoms with van der Waals surface area (Å²) in [7, 11) is 0. The first kappa shape index (κ1) is 34.1. The molecule has 0 rings (SSSR count). The van der Waals surface area contributed by atoms with Crippen molar-refractivity contribution in [1.82, 2.24) is 0 Å². The molecule has 0 fully saturated rings. The third-order valence-corrected chi connectivity index (χ3v) is 5.61. The highest BCUT2D eigenvalue weighted by Crippen LogP contribution is 2.10. The van der Waals surface area contributed by atoms with E-state index in [-0.39, 0.29) is 5.97 Å². The van der Waals surface area contributed by atoms with E-state index in [0.29, 0.717) is 13.2 Å². The van der Waals surface area contributed by atoms with Crippen molar-refractivity contribution < 1.29 is 14.6 Å². The number of unbranched alkanes of at least 4 members (excludes halogenated alkanes) is 16. The predicted octanol–water partition coefficient (Wildman–Crippen LogP) is 9.48. The topological polar surface area (TPSA) is 46.5 Å². The first-order chi connectivity index (χ1) is 16.2. The van der Waals surface area contributed by atoms with Crippen LogP contribution < -0.4 is 0 Å². The highest BCUT2D eigenvalue weighted by atomic mass is 16.5. The highest BCUT2D eigenvalue weighted by Gasteiger charge is 1.93. The molecule has 0 unspecified atom stereocenters. The van der Waals surface area contributed by atoms with Crippen LogP contribution in [0.2, 0.25) is 0 Å². The van der Waals surface area contributed by atoms with Crippen molar-refractivity contribution in [2.45, 2.75) is 149 Å². The molecule has 0 aliphatic carbocycles. The van der Waals surface area contributed by atoms with Crippen LogP contribution in [0.5, 0.6) is 0 Å². The second-order valence-electron chi connectivity index (χ2n) is 9.11. The third kappa shape index (κ3) is 38.5. The molecule has 1 N–H and O–H groups in total. The van der Waals surface area contributed by atoms with E-state index in [1.165, 1.54) is 122 Å². The number of aliphatic hydroxyl groups excluding tert-OH is 1. The van der Waals surface area contributed by atoms with E-state index in [0.717, 1.165) is 12.8 Å². The first-order valence-electron chi connectivity index (χ1n) is 14.2. The number of carbonyl (C=O) groups is 1. The minimum Gasteiger partial charge on any atom is -0.466 e. The van der Waals surface area contributed by atoms with Crippen LogP contribution in [0.1, 0.15) is 149 Å². The summed E-state index contributed by atoms with van der Waals surface area (Å²) in [5, 5.41) is 8.64. The first-order valence-corrected chi connectivity index (χ1v) is 14.2. The van der Waals surface area contributed by atoms with Crippen molar-refractivity contribution in [1.29, 1.82) is 0 Å². The molecular weight excluding hydrogens is 408 g/mol. The van der Waals surface area contributed by atoms with Crippen molar-refractivity contribution in [3.63, 3.8) is 0 Å². The molecule has 0 aromatic rings. The van der Waals surface area contributed by atoms with Crippen molar-refractivity contribution in [3.8, 4) is 0 Å². The standard InChI is InChI=1S/C16H32O.C14H26O2/c1-2-3-4-5-6-7-8-9-10-11-12-13-14-15-16-17;1-3-4-5-6-7-8-9-10-11-12-13-16-14(2)15/h5-6,17H,2-4,7-16H2,1H3;5-6H,3-4,7-13H2,1-2H3/b6-5-;6-5+. The number of hydrogen-bond donors (Lipinski definition) is 1. The van der Waals surface area contributed by atoms with Crippen LogP contribution in [-0.2, 0) is 9.53 Å². The molecule has 0 amide bonds. The van der Waals surface area contributed by atoms with Crippen LogP contribution in [0.3, 0.4) is 0 Å². The molecule has 33 heavy (non-hydrogen) atoms. The van der Waals surface area contributed by atoms with Gasteiger partial charge in [-0.25, -0.2) is 0 Å². The zero-order valence-corrected chi connectivity index (χ0v) is 22.6. The van der Waals surface area contributed by atoms with Gasteiger partial charge < -0.3 is 9.84 Å². The average molecular weight is 467 g/mol. The Kier molecular flexibility index (Phi) is 34.2. The van der Waals surface area contributed by atoms with E-state index in [1.807, 2.05) is 0 Å². The molecule has 3 nitrogen and oxygen atoms in total. The van der Waals surface area contributed by atoms with Crippen molar-refractivity contribution >= 4 is 5.97 Å². The lowest BCUT2D eigenvalue weighted by atomic mass is 10.1. The summed E-state index contributed by atoms with van der Waals surface area (Å²) in [6.07, 6.45) is 34.5. The van der Waals surface area contributed by atoms with Crippen LogP contribution in [0.4, 0.5) is 0 Å². The van der Waals surface area contributed by atoms with E-state index < -0.39 is 0 Å². The second-order valence-corrected chi connectivity index (χ2v) is 9.11. The van der Waals surface area contributed by atoms with Gasteiger partial charge in [0.1, 0.15) is 0 Å². The van der Waals surface area contributed by atoms with E-state index in [2.05, 4.69) is 38.2 Å². The van der Waals surface area contributed by atoms with Gasteiger partial charge in [0, 0.05) is 13.5 Å². The summed E-state index contributed by atoms with van der Waals surface area (Å²) in [5.41, 5.74) is 0. The summed E-state index contributed by atoms with van der Waals surface area (Å²) in [4.78, 5) is 10.5. The SMILES string of the molecule is CCC/C=C/CCCCCCCOC(C)=O.CCCC/C=C\CCCCCCCCCCO. The molecule has 0 saturated carbocycles. The van der Waals surface area contributed by atoms with Gasteiger partial charge in [0.2, 0.25) is 0 Å². The lowest BCUT2D eigenvalue weighted by Gasteiger charge is -2.01. The largest absolute Gasteiger partial charge is 0.466 e. The van der Waals surface area contributed by atoms with Crippen molar-refractivity contribution in [3.05, 3.63) is 24.3 Å². The van der Waals surface area contributed by atoms with Crippen molar-refractivity contribution in [2.24, 2.45) is 0 Å². The lowest BCUT2D eigenvalue weighted by Crippen LogP contribution is -1.99. The molecule has 0 bridgehead atoms. The summed E-state index contributed by atoms with van der Waals surface area (Å²) in [6, 6.07) is 0. The van der Waals surface area contributed by atoms with Gasteiger partial charge in [-0.2, -0.15) is 0 Å². The Morgan fingerprint density at radius 3 is 1.45 bits per heavy atom. The number of carbonyl (C=O) groups excluding carboxylic acids is 1. The molecule has 0 radical (unpaired) electrons. The van der Waals surface area contributed by atoms with Gasteiger partial charge in [-0.1, -0.05) is 115 Å². The minimum atomic E-state index is -0.166. The van der Waals surface area contributed by atoms with Gasteiger partial charge in [0.15, 0.2) is 0 Å². The number of ether oxygens (including phenoxy) is 1. The van der Waals surface area contributed by atoms with Crippen LogP contribution in [-0.4, -0.2) is 24.3 Å². The molecule has 0 aliphatic rings. The van der Waals surface area contributed by atoms with Crippen molar-refractivity contribution in [2.75, 3.05) is 13.2 Å². The summed E-state index contributed by atoms with van der Waals surface area (Å²) in [5.74, 6) is -0.166. The molecule has 196 valence electrons. The number of rotatable bonds is 23. The van der Waals surface area contributed by atoms with Crippen LogP contribution in [0, 0.1) is 0 Å². The van der Waals surface area contributed by atoms with Gasteiger partial charge in [0.25, 0.3) is 0 Å². The predicted molar refractivity (Wildman–Crippen MR) is 146 cm³/mol. The van der Waals surface area contributed by atoms with E-state index in [1.54, 1.807) is 0 Å². The molecule has 0 heterocycles. The maximum atomic E-state index is 10.5. The highest BCUT2D eigenvalue weighted by molar-refractivity contribution is 5.65. The summed E-state index contributed by atoms with van der Waals surface area (Å²) in [6.45, 7) is 6.86. The Balaban J connectivity index is 0.